The lowest BCUT2D eigenvalue weighted by Gasteiger charge is -2.09. The number of ether oxygens (including phenoxy) is 1. The molecule has 5 heteroatoms. The van der Waals surface area contributed by atoms with E-state index < -0.39 is 0 Å². The van der Waals surface area contributed by atoms with E-state index in [1.54, 1.807) is 12.4 Å². The zero-order chi connectivity index (χ0) is 13.7. The number of halogens is 1. The molecule has 2 N–H and O–H groups in total. The quantitative estimate of drug-likeness (QED) is 0.861. The molecule has 0 spiro atoms. The second-order valence-electron chi connectivity index (χ2n) is 4.14. The van der Waals surface area contributed by atoms with Crippen LogP contribution in [0.2, 0.25) is 0 Å². The lowest BCUT2D eigenvalue weighted by molar-refractivity contribution is 0.301. The molecule has 0 aliphatic heterocycles. The predicted octanol–water partition coefficient (Wildman–Crippen LogP) is 2.66. The molecule has 2 rings (SSSR count). The van der Waals surface area contributed by atoms with Crippen molar-refractivity contribution >= 4 is 21.6 Å². The number of aryl methyl sites for hydroxylation is 1. The van der Waals surface area contributed by atoms with Crippen LogP contribution in [0.25, 0.3) is 0 Å². The van der Waals surface area contributed by atoms with Gasteiger partial charge in [0.15, 0.2) is 0 Å². The normalized spacial score (nSPS) is 10.4. The molecule has 0 amide bonds. The van der Waals surface area contributed by atoms with Gasteiger partial charge in [0.1, 0.15) is 5.75 Å². The van der Waals surface area contributed by atoms with Crippen LogP contribution >= 0.6 is 15.9 Å². The van der Waals surface area contributed by atoms with E-state index in [-0.39, 0.29) is 11.1 Å². The molecule has 19 heavy (non-hydrogen) atoms. The third-order valence-electron chi connectivity index (χ3n) is 2.64. The van der Waals surface area contributed by atoms with Gasteiger partial charge in [0, 0.05) is 18.9 Å². The number of nitrogens with zero attached hydrogens (tertiary/aromatic N) is 1. The number of hydrogen-bond acceptors (Lipinski definition) is 3. The first-order valence-corrected chi connectivity index (χ1v) is 6.79. The molecule has 1 aromatic carbocycles. The van der Waals surface area contributed by atoms with Gasteiger partial charge in [-0.15, -0.1) is 0 Å². The zero-order valence-electron chi connectivity index (χ0n) is 10.4. The van der Waals surface area contributed by atoms with E-state index in [2.05, 4.69) is 15.9 Å². The molecule has 0 bridgehead atoms. The Balaban J connectivity index is 1.85. The fourth-order valence-corrected chi connectivity index (χ4v) is 2.19. The van der Waals surface area contributed by atoms with Gasteiger partial charge in [0.25, 0.3) is 0 Å². The van der Waals surface area contributed by atoms with Gasteiger partial charge in [-0.3, -0.25) is 4.79 Å². The average Bonchev–Trinajstić information content (AvgIpc) is 2.42. The highest BCUT2D eigenvalue weighted by atomic mass is 79.9. The van der Waals surface area contributed by atoms with Crippen molar-refractivity contribution in [2.24, 2.45) is 0 Å². The topological polar surface area (TPSA) is 57.2 Å². The van der Waals surface area contributed by atoms with Crippen LogP contribution in [0, 0.1) is 0 Å². The van der Waals surface area contributed by atoms with E-state index in [4.69, 9.17) is 10.5 Å². The summed E-state index contributed by atoms with van der Waals surface area (Å²) in [5, 5.41) is 0. The van der Waals surface area contributed by atoms with E-state index in [1.807, 2.05) is 34.9 Å². The van der Waals surface area contributed by atoms with Crippen molar-refractivity contribution in [2.45, 2.75) is 13.0 Å². The lowest BCUT2D eigenvalue weighted by atomic mass is 10.3. The zero-order valence-corrected chi connectivity index (χ0v) is 12.0. The minimum Gasteiger partial charge on any atom is -0.494 e. The molecule has 4 nitrogen and oxygen atoms in total. The molecule has 1 aromatic heterocycles. The van der Waals surface area contributed by atoms with Crippen LogP contribution in [-0.4, -0.2) is 11.2 Å². The second-order valence-corrected chi connectivity index (χ2v) is 5.00. The van der Waals surface area contributed by atoms with Crippen LogP contribution in [0.5, 0.6) is 5.75 Å². The van der Waals surface area contributed by atoms with Gasteiger partial charge in [-0.25, -0.2) is 0 Å². The van der Waals surface area contributed by atoms with Crippen molar-refractivity contribution in [2.75, 3.05) is 12.3 Å². The minimum atomic E-state index is -0.170. The molecule has 0 aliphatic carbocycles. The molecule has 0 radical (unpaired) electrons. The van der Waals surface area contributed by atoms with E-state index in [0.717, 1.165) is 18.7 Å². The summed E-state index contributed by atoms with van der Waals surface area (Å²) in [5.74, 6) is 0.864. The molecule has 0 fully saturated rings. The molecule has 0 saturated heterocycles. The maximum absolute atomic E-state index is 11.4. The Morgan fingerprint density at radius 2 is 1.95 bits per heavy atom. The Kier molecular flexibility index (Phi) is 4.63. The third-order valence-corrected chi connectivity index (χ3v) is 3.20. The van der Waals surface area contributed by atoms with Crippen molar-refractivity contribution in [3.8, 4) is 5.75 Å². The molecule has 1 heterocycles. The largest absolute Gasteiger partial charge is 0.494 e. The molecule has 100 valence electrons. The smallest absolute Gasteiger partial charge is 0.218 e. The summed E-state index contributed by atoms with van der Waals surface area (Å²) >= 11 is 3.20. The van der Waals surface area contributed by atoms with Gasteiger partial charge in [-0.05, 0) is 34.5 Å². The van der Waals surface area contributed by atoms with Crippen molar-refractivity contribution in [3.05, 3.63) is 57.4 Å². The number of aromatic nitrogens is 1. The summed E-state index contributed by atoms with van der Waals surface area (Å²) in [6.07, 6.45) is 4.22. The molecular weight excluding hydrogens is 308 g/mol. The monoisotopic (exact) mass is 322 g/mol. The number of anilines is 1. The van der Waals surface area contributed by atoms with Gasteiger partial charge in [-0.1, -0.05) is 18.2 Å². The minimum absolute atomic E-state index is 0.170. The van der Waals surface area contributed by atoms with E-state index in [0.29, 0.717) is 11.1 Å². The summed E-state index contributed by atoms with van der Waals surface area (Å²) in [6, 6.07) is 9.68. The highest BCUT2D eigenvalue weighted by molar-refractivity contribution is 9.10. The van der Waals surface area contributed by atoms with Crippen molar-refractivity contribution in [1.29, 1.82) is 0 Å². The maximum atomic E-state index is 11.4. The van der Waals surface area contributed by atoms with Gasteiger partial charge in [0.05, 0.1) is 16.8 Å². The van der Waals surface area contributed by atoms with Crippen LogP contribution in [0.15, 0.2) is 52.0 Å². The number of benzene rings is 1. The molecule has 0 atom stereocenters. The van der Waals surface area contributed by atoms with Crippen LogP contribution < -0.4 is 15.9 Å². The van der Waals surface area contributed by atoms with Crippen LogP contribution in [0.4, 0.5) is 5.69 Å². The lowest BCUT2D eigenvalue weighted by Crippen LogP contribution is -2.14. The Bertz CT molecular complexity index is 570. The van der Waals surface area contributed by atoms with E-state index >= 15 is 0 Å². The van der Waals surface area contributed by atoms with Crippen molar-refractivity contribution < 1.29 is 4.74 Å². The number of pyridine rings is 1. The van der Waals surface area contributed by atoms with Gasteiger partial charge >= 0.3 is 0 Å². The Labute approximate surface area is 119 Å². The molecule has 2 aromatic rings. The summed E-state index contributed by atoms with van der Waals surface area (Å²) < 4.78 is 7.96. The molecule has 0 saturated carbocycles. The third kappa shape index (κ3) is 3.86. The Morgan fingerprint density at radius 3 is 2.63 bits per heavy atom. The van der Waals surface area contributed by atoms with E-state index in [9.17, 15) is 4.79 Å². The number of para-hydroxylation sites is 1. The molecule has 0 aliphatic rings. The fraction of sp³-hybridized carbons (Fsp3) is 0.214. The van der Waals surface area contributed by atoms with Crippen LogP contribution in [0.1, 0.15) is 6.42 Å². The van der Waals surface area contributed by atoms with Crippen LogP contribution in [0.3, 0.4) is 0 Å². The fourth-order valence-electron chi connectivity index (χ4n) is 1.70. The summed E-state index contributed by atoms with van der Waals surface area (Å²) in [4.78, 5) is 11.4. The van der Waals surface area contributed by atoms with E-state index in [1.165, 1.54) is 0 Å². The highest BCUT2D eigenvalue weighted by Crippen LogP contribution is 2.10. The standard InChI is InChI=1S/C14H15BrN2O2/c15-12-9-17(10-13(16)14(12)18)7-4-8-19-11-5-2-1-3-6-11/h1-3,5-6,9-10H,4,7-8,16H2. The summed E-state index contributed by atoms with van der Waals surface area (Å²) in [5.41, 5.74) is 5.70. The first kappa shape index (κ1) is 13.7. The number of rotatable bonds is 5. The predicted molar refractivity (Wildman–Crippen MR) is 79.4 cm³/mol. The first-order valence-electron chi connectivity index (χ1n) is 6.00. The molecule has 0 unspecified atom stereocenters. The molecular formula is C14H15BrN2O2. The van der Waals surface area contributed by atoms with Gasteiger partial charge in [0.2, 0.25) is 5.43 Å². The maximum Gasteiger partial charge on any atom is 0.218 e. The second kappa shape index (κ2) is 6.43. The van der Waals surface area contributed by atoms with Crippen molar-refractivity contribution in [3.63, 3.8) is 0 Å². The SMILES string of the molecule is Nc1cn(CCCOc2ccccc2)cc(Br)c1=O. The number of nitrogen functional groups attached to an aromatic ring is 1. The van der Waals surface area contributed by atoms with Crippen LogP contribution in [-0.2, 0) is 6.54 Å². The van der Waals surface area contributed by atoms with Gasteiger partial charge in [-0.2, -0.15) is 0 Å². The number of hydrogen-bond donors (Lipinski definition) is 1. The summed E-state index contributed by atoms with van der Waals surface area (Å²) in [7, 11) is 0. The summed E-state index contributed by atoms with van der Waals surface area (Å²) in [6.45, 7) is 1.36. The van der Waals surface area contributed by atoms with Gasteiger partial charge < -0.3 is 15.0 Å². The number of nitrogens with two attached hydrogens (primary N) is 1. The van der Waals surface area contributed by atoms with Crippen molar-refractivity contribution in [1.82, 2.24) is 4.57 Å². The Morgan fingerprint density at radius 1 is 1.21 bits per heavy atom. The Hall–Kier alpha value is -1.75. The first-order chi connectivity index (χ1) is 9.16. The highest BCUT2D eigenvalue weighted by Gasteiger charge is 2.02. The average molecular weight is 323 g/mol.